The van der Waals surface area contributed by atoms with Gasteiger partial charge >= 0.3 is 0 Å². The molecule has 1 nitrogen and oxygen atoms in total. The molecule has 0 spiro atoms. The van der Waals surface area contributed by atoms with Gasteiger partial charge in [0.25, 0.3) is 0 Å². The van der Waals surface area contributed by atoms with Crippen LogP contribution in [-0.2, 0) is 0 Å². The number of hydrogen-bond donors (Lipinski definition) is 0. The summed E-state index contributed by atoms with van der Waals surface area (Å²) in [6.07, 6.45) is 7.84. The van der Waals surface area contributed by atoms with Gasteiger partial charge in [-0.25, -0.2) is 0 Å². The lowest BCUT2D eigenvalue weighted by molar-refractivity contribution is 0.257. The van der Waals surface area contributed by atoms with E-state index in [9.17, 15) is 0 Å². The molecule has 2 rings (SSSR count). The molecule has 2 aromatic carbocycles. The Balaban J connectivity index is 1.74. The molecule has 0 heterocycles. The zero-order chi connectivity index (χ0) is 17.4. The average Bonchev–Trinajstić information content (AvgIpc) is 2.55. The van der Waals surface area contributed by atoms with Crippen LogP contribution >= 0.6 is 0 Å². The van der Waals surface area contributed by atoms with Crippen LogP contribution in [0.1, 0.15) is 49.8 Å². The summed E-state index contributed by atoms with van der Waals surface area (Å²) < 4.78 is 5.97. The van der Waals surface area contributed by atoms with Gasteiger partial charge < -0.3 is 4.74 Å². The van der Waals surface area contributed by atoms with Crippen molar-refractivity contribution in [3.05, 3.63) is 71.3 Å². The Morgan fingerprint density at radius 1 is 1.00 bits per heavy atom. The molecular weight excluding hydrogens is 292 g/mol. The van der Waals surface area contributed by atoms with Gasteiger partial charge in [0.1, 0.15) is 5.75 Å². The number of ether oxygens (including phenoxy) is 1. The third-order valence-electron chi connectivity index (χ3n) is 4.38. The molecule has 0 N–H and O–H groups in total. The predicted octanol–water partition coefficient (Wildman–Crippen LogP) is 6.59. The molecule has 0 saturated carbocycles. The van der Waals surface area contributed by atoms with Crippen LogP contribution < -0.4 is 4.74 Å². The molecule has 0 saturated heterocycles. The molecule has 0 atom stereocenters. The van der Waals surface area contributed by atoms with Crippen LogP contribution in [0.4, 0.5) is 0 Å². The van der Waals surface area contributed by atoms with Crippen molar-refractivity contribution < 1.29 is 4.74 Å². The first-order valence-electron chi connectivity index (χ1n) is 8.88. The summed E-state index contributed by atoms with van der Waals surface area (Å²) in [6, 6.07) is 16.9. The Hall–Kier alpha value is -2.02. The van der Waals surface area contributed by atoms with Gasteiger partial charge in [0, 0.05) is 0 Å². The third-order valence-corrected chi connectivity index (χ3v) is 4.38. The highest BCUT2D eigenvalue weighted by atomic mass is 16.5. The molecule has 0 aliphatic heterocycles. The van der Waals surface area contributed by atoms with Gasteiger partial charge in [-0.3, -0.25) is 0 Å². The van der Waals surface area contributed by atoms with Crippen molar-refractivity contribution in [2.75, 3.05) is 6.61 Å². The summed E-state index contributed by atoms with van der Waals surface area (Å²) in [5.41, 5.74) is 4.04. The van der Waals surface area contributed by atoms with E-state index in [1.165, 1.54) is 16.7 Å². The molecule has 0 fully saturated rings. The van der Waals surface area contributed by atoms with Gasteiger partial charge in [0.15, 0.2) is 0 Å². The number of allylic oxidation sites excluding steroid dienone is 1. The fourth-order valence-electron chi connectivity index (χ4n) is 2.78. The Bertz CT molecular complexity index is 653. The number of rotatable bonds is 8. The molecule has 0 unspecified atom stereocenters. The summed E-state index contributed by atoms with van der Waals surface area (Å²) in [6.45, 7) is 9.66. The van der Waals surface area contributed by atoms with Crippen molar-refractivity contribution in [2.24, 2.45) is 5.41 Å². The second kappa shape index (κ2) is 8.73. The lowest BCUT2D eigenvalue weighted by Gasteiger charge is -2.23. The molecular formula is C23H30O. The minimum absolute atomic E-state index is 0.302. The molecule has 0 aliphatic carbocycles. The van der Waals surface area contributed by atoms with E-state index in [0.29, 0.717) is 5.41 Å². The molecule has 24 heavy (non-hydrogen) atoms. The minimum atomic E-state index is 0.302. The zero-order valence-corrected chi connectivity index (χ0v) is 15.5. The quantitative estimate of drug-likeness (QED) is 0.498. The maximum absolute atomic E-state index is 5.97. The monoisotopic (exact) mass is 322 g/mol. The Morgan fingerprint density at radius 2 is 1.75 bits per heavy atom. The fraction of sp³-hybridized carbons (Fsp3) is 0.391. The number of benzene rings is 2. The Labute approximate surface area is 147 Å². The van der Waals surface area contributed by atoms with Crippen LogP contribution in [0.5, 0.6) is 5.75 Å². The van der Waals surface area contributed by atoms with Crippen LogP contribution in [0.2, 0.25) is 0 Å². The average molecular weight is 322 g/mol. The summed E-state index contributed by atoms with van der Waals surface area (Å²) in [5, 5.41) is 0. The second-order valence-corrected chi connectivity index (χ2v) is 7.40. The van der Waals surface area contributed by atoms with Gasteiger partial charge in [0.05, 0.1) is 6.61 Å². The van der Waals surface area contributed by atoms with E-state index in [2.05, 4.69) is 88.4 Å². The van der Waals surface area contributed by atoms with Gasteiger partial charge in [-0.15, -0.1) is 0 Å². The highest BCUT2D eigenvalue weighted by Crippen LogP contribution is 2.28. The standard InChI is InChI=1S/C23H30O/c1-19-13-14-20(2)22(18-19)24-17-9-16-23(3,4)15-8-12-21-10-6-5-7-11-21/h5-8,10-14,18H,9,15-17H2,1-4H3/b12-8+. The molecule has 0 amide bonds. The first kappa shape index (κ1) is 18.3. The summed E-state index contributed by atoms with van der Waals surface area (Å²) in [4.78, 5) is 0. The maximum atomic E-state index is 5.97. The van der Waals surface area contributed by atoms with Crippen molar-refractivity contribution in [3.63, 3.8) is 0 Å². The SMILES string of the molecule is Cc1ccc(C)c(OCCCC(C)(C)C/C=C/c2ccccc2)c1. The predicted molar refractivity (Wildman–Crippen MR) is 105 cm³/mol. The highest BCUT2D eigenvalue weighted by molar-refractivity contribution is 5.48. The van der Waals surface area contributed by atoms with E-state index in [0.717, 1.165) is 31.6 Å². The summed E-state index contributed by atoms with van der Waals surface area (Å²) in [7, 11) is 0. The van der Waals surface area contributed by atoms with Crippen LogP contribution in [0.3, 0.4) is 0 Å². The van der Waals surface area contributed by atoms with Gasteiger partial charge in [-0.2, -0.15) is 0 Å². The van der Waals surface area contributed by atoms with E-state index >= 15 is 0 Å². The molecule has 128 valence electrons. The molecule has 0 aliphatic rings. The normalized spacial score (nSPS) is 11.8. The summed E-state index contributed by atoms with van der Waals surface area (Å²) >= 11 is 0. The maximum Gasteiger partial charge on any atom is 0.122 e. The first-order valence-corrected chi connectivity index (χ1v) is 8.88. The van der Waals surface area contributed by atoms with Crippen LogP contribution in [0.25, 0.3) is 6.08 Å². The van der Waals surface area contributed by atoms with Crippen LogP contribution in [0, 0.1) is 19.3 Å². The van der Waals surface area contributed by atoms with Crippen molar-refractivity contribution in [3.8, 4) is 5.75 Å². The number of aryl methyl sites for hydroxylation is 2. The smallest absolute Gasteiger partial charge is 0.122 e. The lowest BCUT2D eigenvalue weighted by atomic mass is 9.84. The second-order valence-electron chi connectivity index (χ2n) is 7.40. The topological polar surface area (TPSA) is 9.23 Å². The Morgan fingerprint density at radius 3 is 2.50 bits per heavy atom. The van der Waals surface area contributed by atoms with Crippen molar-refractivity contribution in [1.82, 2.24) is 0 Å². The van der Waals surface area contributed by atoms with Gasteiger partial charge in [-0.1, -0.05) is 68.5 Å². The third kappa shape index (κ3) is 6.23. The first-order chi connectivity index (χ1) is 11.5. The van der Waals surface area contributed by atoms with Gasteiger partial charge in [0.2, 0.25) is 0 Å². The summed E-state index contributed by atoms with van der Waals surface area (Å²) in [5.74, 6) is 1.02. The van der Waals surface area contributed by atoms with Crippen LogP contribution in [-0.4, -0.2) is 6.61 Å². The zero-order valence-electron chi connectivity index (χ0n) is 15.5. The number of hydrogen-bond acceptors (Lipinski definition) is 1. The van der Waals surface area contributed by atoms with E-state index in [-0.39, 0.29) is 0 Å². The van der Waals surface area contributed by atoms with E-state index in [1.807, 2.05) is 0 Å². The van der Waals surface area contributed by atoms with Crippen LogP contribution in [0.15, 0.2) is 54.6 Å². The largest absolute Gasteiger partial charge is 0.493 e. The Kier molecular flexibility index (Phi) is 6.66. The lowest BCUT2D eigenvalue weighted by Crippen LogP contribution is -2.12. The minimum Gasteiger partial charge on any atom is -0.493 e. The molecule has 0 aromatic heterocycles. The van der Waals surface area contributed by atoms with Gasteiger partial charge in [-0.05, 0) is 61.3 Å². The van der Waals surface area contributed by atoms with E-state index in [4.69, 9.17) is 4.74 Å². The highest BCUT2D eigenvalue weighted by Gasteiger charge is 2.15. The molecule has 0 bridgehead atoms. The van der Waals surface area contributed by atoms with E-state index < -0.39 is 0 Å². The molecule has 1 heteroatoms. The molecule has 2 aromatic rings. The van der Waals surface area contributed by atoms with Crippen molar-refractivity contribution >= 4 is 6.08 Å². The fourth-order valence-corrected chi connectivity index (χ4v) is 2.78. The van der Waals surface area contributed by atoms with Crippen molar-refractivity contribution in [2.45, 2.75) is 47.0 Å². The van der Waals surface area contributed by atoms with E-state index in [1.54, 1.807) is 0 Å². The molecule has 0 radical (unpaired) electrons. The van der Waals surface area contributed by atoms with Crippen molar-refractivity contribution in [1.29, 1.82) is 0 Å².